The molecule has 1 aliphatic rings. The van der Waals surface area contributed by atoms with Crippen LogP contribution < -0.4 is 5.32 Å². The summed E-state index contributed by atoms with van der Waals surface area (Å²) in [7, 11) is 0. The summed E-state index contributed by atoms with van der Waals surface area (Å²) in [5.74, 6) is 1.01. The van der Waals surface area contributed by atoms with Crippen molar-refractivity contribution in [2.45, 2.75) is 20.4 Å². The molecule has 1 fully saturated rings. The van der Waals surface area contributed by atoms with Gasteiger partial charge < -0.3 is 14.6 Å². The van der Waals surface area contributed by atoms with E-state index in [2.05, 4.69) is 15.2 Å². The van der Waals surface area contributed by atoms with Crippen LogP contribution in [0.4, 0.5) is 0 Å². The Kier molecular flexibility index (Phi) is 6.59. The Labute approximate surface area is 173 Å². The molecule has 0 saturated carbocycles. The number of nitrogens with one attached hydrogen (secondary N) is 1. The normalized spacial score (nSPS) is 14.9. The minimum Gasteiger partial charge on any atom is -0.444 e. The zero-order valence-corrected chi connectivity index (χ0v) is 17.3. The maximum absolute atomic E-state index is 12.4. The summed E-state index contributed by atoms with van der Waals surface area (Å²) in [4.78, 5) is 32.9. The van der Waals surface area contributed by atoms with E-state index in [0.717, 1.165) is 24.5 Å². The number of nitrogens with zero attached hydrogens (tertiary/aromatic N) is 3. The average Bonchev–Trinajstić information content (AvgIpc) is 2.97. The molecule has 1 saturated heterocycles. The second-order valence-corrected chi connectivity index (χ2v) is 7.56. The lowest BCUT2D eigenvalue weighted by atomic mass is 10.2. The molecule has 0 unspecified atom stereocenters. The van der Waals surface area contributed by atoms with Gasteiger partial charge in [0, 0.05) is 31.2 Å². The van der Waals surface area contributed by atoms with Crippen LogP contribution in [-0.4, -0.2) is 59.3 Å². The van der Waals surface area contributed by atoms with E-state index in [-0.39, 0.29) is 17.5 Å². The van der Waals surface area contributed by atoms with Gasteiger partial charge in [0.2, 0.25) is 11.8 Å². The molecule has 3 rings (SSSR count). The minimum atomic E-state index is -0.400. The van der Waals surface area contributed by atoms with E-state index in [1.165, 1.54) is 12.1 Å². The molecule has 0 spiro atoms. The molecule has 0 atom stereocenters. The molecule has 1 N–H and O–H groups in total. The summed E-state index contributed by atoms with van der Waals surface area (Å²) in [6, 6.07) is 4.62. The number of rotatable bonds is 5. The summed E-state index contributed by atoms with van der Waals surface area (Å²) >= 11 is 11.9. The number of aromatic nitrogens is 1. The van der Waals surface area contributed by atoms with Gasteiger partial charge >= 0.3 is 0 Å². The highest BCUT2D eigenvalue weighted by molar-refractivity contribution is 6.36. The first-order valence-electron chi connectivity index (χ1n) is 9.00. The summed E-state index contributed by atoms with van der Waals surface area (Å²) in [5, 5.41) is 3.32. The monoisotopic (exact) mass is 424 g/mol. The topological polar surface area (TPSA) is 78.7 Å². The summed E-state index contributed by atoms with van der Waals surface area (Å²) in [5.41, 5.74) is 1.19. The molecule has 7 nitrogen and oxygen atoms in total. The van der Waals surface area contributed by atoms with Gasteiger partial charge in [-0.05, 0) is 32.0 Å². The van der Waals surface area contributed by atoms with E-state index in [1.807, 2.05) is 13.8 Å². The van der Waals surface area contributed by atoms with E-state index >= 15 is 0 Å². The van der Waals surface area contributed by atoms with Crippen molar-refractivity contribution in [3.8, 4) is 0 Å². The van der Waals surface area contributed by atoms with Crippen LogP contribution in [0.2, 0.25) is 10.0 Å². The van der Waals surface area contributed by atoms with E-state index in [1.54, 1.807) is 11.0 Å². The van der Waals surface area contributed by atoms with Crippen molar-refractivity contribution < 1.29 is 14.0 Å². The van der Waals surface area contributed by atoms with Gasteiger partial charge in [0.05, 0.1) is 29.4 Å². The molecule has 28 heavy (non-hydrogen) atoms. The second-order valence-electron chi connectivity index (χ2n) is 6.71. The number of carbonyl (C=O) groups is 2. The van der Waals surface area contributed by atoms with Gasteiger partial charge in [0.1, 0.15) is 5.76 Å². The summed E-state index contributed by atoms with van der Waals surface area (Å²) < 4.78 is 5.62. The Bertz CT molecular complexity index is 857. The number of piperazine rings is 1. The highest BCUT2D eigenvalue weighted by Gasteiger charge is 2.23. The molecule has 0 bridgehead atoms. The molecule has 2 aromatic rings. The predicted molar refractivity (Wildman–Crippen MR) is 107 cm³/mol. The molecule has 0 aliphatic carbocycles. The average molecular weight is 425 g/mol. The molecule has 150 valence electrons. The van der Waals surface area contributed by atoms with Gasteiger partial charge in [-0.2, -0.15) is 0 Å². The fourth-order valence-corrected chi connectivity index (χ4v) is 3.48. The van der Waals surface area contributed by atoms with Crippen molar-refractivity contribution in [2.24, 2.45) is 0 Å². The quantitative estimate of drug-likeness (QED) is 0.797. The number of oxazole rings is 1. The Balaban J connectivity index is 1.45. The third kappa shape index (κ3) is 5.04. The van der Waals surface area contributed by atoms with Gasteiger partial charge in [-0.15, -0.1) is 0 Å². The van der Waals surface area contributed by atoms with Crippen molar-refractivity contribution in [1.82, 2.24) is 20.1 Å². The van der Waals surface area contributed by atoms with Gasteiger partial charge in [-0.25, -0.2) is 4.98 Å². The largest absolute Gasteiger partial charge is 0.444 e. The van der Waals surface area contributed by atoms with E-state index in [0.29, 0.717) is 36.1 Å². The van der Waals surface area contributed by atoms with Gasteiger partial charge in [0.15, 0.2) is 0 Å². The number of halogens is 2. The molecule has 0 radical (unpaired) electrons. The lowest BCUT2D eigenvalue weighted by Crippen LogP contribution is -2.50. The number of amides is 2. The van der Waals surface area contributed by atoms with Crippen molar-refractivity contribution in [3.63, 3.8) is 0 Å². The van der Waals surface area contributed by atoms with E-state index in [4.69, 9.17) is 27.6 Å². The predicted octanol–water partition coefficient (Wildman–Crippen LogP) is 2.67. The molecular weight excluding hydrogens is 403 g/mol. The number of aryl methyl sites for hydroxylation is 2. The first-order valence-corrected chi connectivity index (χ1v) is 9.75. The second kappa shape index (κ2) is 8.94. The molecule has 2 heterocycles. The molecule has 1 aromatic carbocycles. The van der Waals surface area contributed by atoms with Crippen LogP contribution in [0.3, 0.4) is 0 Å². The maximum atomic E-state index is 12.4. The lowest BCUT2D eigenvalue weighted by molar-refractivity contribution is -0.131. The number of hydrogen-bond donors (Lipinski definition) is 1. The third-order valence-electron chi connectivity index (χ3n) is 4.73. The van der Waals surface area contributed by atoms with E-state index in [9.17, 15) is 9.59 Å². The smallest absolute Gasteiger partial charge is 0.253 e. The molecule has 2 amide bonds. The van der Waals surface area contributed by atoms with Crippen LogP contribution in [0.25, 0.3) is 0 Å². The number of carbonyl (C=O) groups excluding carboxylic acids is 2. The molecule has 9 heteroatoms. The Morgan fingerprint density at radius 2 is 1.89 bits per heavy atom. The third-order valence-corrected chi connectivity index (χ3v) is 5.28. The standard InChI is InChI=1S/C19H22Cl2N4O3/c1-12-13(2)28-17(23-12)11-24-5-7-25(8-6-24)18(26)10-22-19(27)15-4-3-14(20)9-16(15)21/h3-4,9H,5-8,10-11H2,1-2H3,(H,22,27). The van der Waals surface area contributed by atoms with Gasteiger partial charge in [-0.1, -0.05) is 23.2 Å². The first kappa shape index (κ1) is 20.6. The summed E-state index contributed by atoms with van der Waals surface area (Å²) in [6.07, 6.45) is 0. The van der Waals surface area contributed by atoms with E-state index < -0.39 is 5.91 Å². The highest BCUT2D eigenvalue weighted by atomic mass is 35.5. The Hall–Kier alpha value is -2.09. The Morgan fingerprint density at radius 3 is 2.50 bits per heavy atom. The first-order chi connectivity index (χ1) is 13.3. The van der Waals surface area contributed by atoms with Crippen LogP contribution in [0.5, 0.6) is 0 Å². The van der Waals surface area contributed by atoms with Crippen molar-refractivity contribution in [2.75, 3.05) is 32.7 Å². The van der Waals surface area contributed by atoms with Crippen LogP contribution in [0, 0.1) is 13.8 Å². The van der Waals surface area contributed by atoms with Crippen molar-refractivity contribution in [3.05, 3.63) is 51.2 Å². The zero-order valence-electron chi connectivity index (χ0n) is 15.8. The highest BCUT2D eigenvalue weighted by Crippen LogP contribution is 2.20. The van der Waals surface area contributed by atoms with Gasteiger partial charge in [-0.3, -0.25) is 14.5 Å². The van der Waals surface area contributed by atoms with Crippen LogP contribution in [0.15, 0.2) is 22.6 Å². The van der Waals surface area contributed by atoms with Crippen LogP contribution in [-0.2, 0) is 11.3 Å². The Morgan fingerprint density at radius 1 is 1.18 bits per heavy atom. The fourth-order valence-electron chi connectivity index (χ4n) is 2.99. The maximum Gasteiger partial charge on any atom is 0.253 e. The SMILES string of the molecule is Cc1nc(CN2CCN(C(=O)CNC(=O)c3ccc(Cl)cc3Cl)CC2)oc1C. The number of benzene rings is 1. The summed E-state index contributed by atoms with van der Waals surface area (Å²) in [6.45, 7) is 7.01. The van der Waals surface area contributed by atoms with Crippen LogP contribution in [0.1, 0.15) is 27.7 Å². The molecule has 1 aromatic heterocycles. The van der Waals surface area contributed by atoms with Gasteiger partial charge in [0.25, 0.3) is 5.91 Å². The van der Waals surface area contributed by atoms with Crippen molar-refractivity contribution in [1.29, 1.82) is 0 Å². The molecule has 1 aliphatic heterocycles. The fraction of sp³-hybridized carbons (Fsp3) is 0.421. The zero-order chi connectivity index (χ0) is 20.3. The van der Waals surface area contributed by atoms with Crippen molar-refractivity contribution >= 4 is 35.0 Å². The molecular formula is C19H22Cl2N4O3. The minimum absolute atomic E-state index is 0.0735. The van der Waals surface area contributed by atoms with Crippen LogP contribution >= 0.6 is 23.2 Å². The number of hydrogen-bond acceptors (Lipinski definition) is 5. The lowest BCUT2D eigenvalue weighted by Gasteiger charge is -2.34.